The fourth-order valence-corrected chi connectivity index (χ4v) is 3.01. The number of halogens is 1. The monoisotopic (exact) mass is 332 g/mol. The summed E-state index contributed by atoms with van der Waals surface area (Å²) >= 11 is 8.63. The van der Waals surface area contributed by atoms with Crippen LogP contribution in [0.2, 0.25) is 0 Å². The molecule has 2 aromatic carbocycles. The van der Waals surface area contributed by atoms with Crippen LogP contribution in [0.1, 0.15) is 16.7 Å². The van der Waals surface area contributed by atoms with Crippen LogP contribution in [0, 0.1) is 0 Å². The van der Waals surface area contributed by atoms with Crippen LogP contribution in [0.3, 0.4) is 0 Å². The lowest BCUT2D eigenvalue weighted by atomic mass is 10.1. The molecule has 1 aliphatic heterocycles. The van der Waals surface area contributed by atoms with Crippen LogP contribution in [-0.4, -0.2) is 4.99 Å². The van der Waals surface area contributed by atoms with Gasteiger partial charge in [0.15, 0.2) is 0 Å². The maximum atomic E-state index is 5.84. The standard InChI is InChI=1S/C15H13BrN2S/c16-12-5-6-14(13(7-12)15(17)19)18-8-10-3-1-2-4-11(10)9-18/h1-7H,8-9H2,(H2,17,19). The number of thiocarbonyl (C=S) groups is 1. The molecular formula is C15H13BrN2S. The van der Waals surface area contributed by atoms with Gasteiger partial charge in [-0.2, -0.15) is 0 Å². The molecule has 1 heterocycles. The predicted molar refractivity (Wildman–Crippen MR) is 86.4 cm³/mol. The van der Waals surface area contributed by atoms with Crippen molar-refractivity contribution in [3.05, 3.63) is 63.6 Å². The van der Waals surface area contributed by atoms with Crippen molar-refractivity contribution in [1.82, 2.24) is 0 Å². The molecule has 96 valence electrons. The minimum atomic E-state index is 0.437. The number of nitrogens with two attached hydrogens (primary N) is 1. The van der Waals surface area contributed by atoms with Gasteiger partial charge in [-0.15, -0.1) is 0 Å². The van der Waals surface area contributed by atoms with Gasteiger partial charge >= 0.3 is 0 Å². The predicted octanol–water partition coefficient (Wildman–Crippen LogP) is 3.60. The van der Waals surface area contributed by atoms with Gasteiger partial charge < -0.3 is 10.6 Å². The van der Waals surface area contributed by atoms with Crippen molar-refractivity contribution in [1.29, 1.82) is 0 Å². The number of hydrogen-bond acceptors (Lipinski definition) is 2. The highest BCUT2D eigenvalue weighted by atomic mass is 79.9. The van der Waals surface area contributed by atoms with Crippen LogP contribution in [0.5, 0.6) is 0 Å². The van der Waals surface area contributed by atoms with E-state index in [1.165, 1.54) is 11.1 Å². The molecule has 2 aromatic rings. The van der Waals surface area contributed by atoms with Crippen molar-refractivity contribution in [3.63, 3.8) is 0 Å². The minimum Gasteiger partial charge on any atom is -0.389 e. The molecule has 0 saturated heterocycles. The van der Waals surface area contributed by atoms with Gasteiger partial charge in [0.25, 0.3) is 0 Å². The van der Waals surface area contributed by atoms with E-state index in [0.29, 0.717) is 4.99 Å². The molecule has 0 aromatic heterocycles. The van der Waals surface area contributed by atoms with Gasteiger partial charge in [0.1, 0.15) is 4.99 Å². The molecule has 0 radical (unpaired) electrons. The molecule has 0 bridgehead atoms. The number of fused-ring (bicyclic) bond motifs is 1. The van der Waals surface area contributed by atoms with E-state index >= 15 is 0 Å². The number of rotatable bonds is 2. The van der Waals surface area contributed by atoms with E-state index in [-0.39, 0.29) is 0 Å². The average Bonchev–Trinajstić information content (AvgIpc) is 2.82. The van der Waals surface area contributed by atoms with Crippen molar-refractivity contribution in [3.8, 4) is 0 Å². The Bertz CT molecular complexity index is 629. The van der Waals surface area contributed by atoms with E-state index in [0.717, 1.165) is 28.8 Å². The summed E-state index contributed by atoms with van der Waals surface area (Å²) in [5, 5.41) is 0. The lowest BCUT2D eigenvalue weighted by Crippen LogP contribution is -2.20. The number of anilines is 1. The van der Waals surface area contributed by atoms with Crippen LogP contribution in [0.15, 0.2) is 46.9 Å². The smallest absolute Gasteiger partial charge is 0.106 e. The molecule has 0 saturated carbocycles. The van der Waals surface area contributed by atoms with Crippen LogP contribution >= 0.6 is 28.1 Å². The third-order valence-electron chi connectivity index (χ3n) is 3.41. The summed E-state index contributed by atoms with van der Waals surface area (Å²) in [6.07, 6.45) is 0. The molecule has 0 amide bonds. The summed E-state index contributed by atoms with van der Waals surface area (Å²) < 4.78 is 0.996. The second-order valence-corrected chi connectivity index (χ2v) is 6.01. The van der Waals surface area contributed by atoms with E-state index < -0.39 is 0 Å². The Hall–Kier alpha value is -1.39. The molecular weight excluding hydrogens is 320 g/mol. The molecule has 19 heavy (non-hydrogen) atoms. The second-order valence-electron chi connectivity index (χ2n) is 4.65. The van der Waals surface area contributed by atoms with Gasteiger partial charge in [-0.05, 0) is 29.3 Å². The highest BCUT2D eigenvalue weighted by Crippen LogP contribution is 2.32. The van der Waals surface area contributed by atoms with Gasteiger partial charge in [0.2, 0.25) is 0 Å². The maximum Gasteiger partial charge on any atom is 0.106 e. The molecule has 0 aliphatic carbocycles. The summed E-state index contributed by atoms with van der Waals surface area (Å²) in [7, 11) is 0. The summed E-state index contributed by atoms with van der Waals surface area (Å²) in [6.45, 7) is 1.82. The number of benzene rings is 2. The van der Waals surface area contributed by atoms with Crippen LogP contribution in [0.4, 0.5) is 5.69 Å². The highest BCUT2D eigenvalue weighted by molar-refractivity contribution is 9.10. The second kappa shape index (κ2) is 4.94. The zero-order chi connectivity index (χ0) is 13.4. The molecule has 2 N–H and O–H groups in total. The van der Waals surface area contributed by atoms with Crippen molar-refractivity contribution >= 4 is 38.8 Å². The largest absolute Gasteiger partial charge is 0.389 e. The van der Waals surface area contributed by atoms with Gasteiger partial charge in [0, 0.05) is 28.8 Å². The van der Waals surface area contributed by atoms with Crippen molar-refractivity contribution in [2.75, 3.05) is 4.90 Å². The Morgan fingerprint density at radius 3 is 2.32 bits per heavy atom. The summed E-state index contributed by atoms with van der Waals surface area (Å²) in [6, 6.07) is 14.6. The number of hydrogen-bond donors (Lipinski definition) is 1. The molecule has 0 fully saturated rings. The van der Waals surface area contributed by atoms with Gasteiger partial charge in [-0.3, -0.25) is 0 Å². The first-order valence-electron chi connectivity index (χ1n) is 6.06. The van der Waals surface area contributed by atoms with Gasteiger partial charge in [-0.1, -0.05) is 52.4 Å². The molecule has 2 nitrogen and oxygen atoms in total. The first-order chi connectivity index (χ1) is 9.15. The first kappa shape index (κ1) is 12.6. The van der Waals surface area contributed by atoms with Crippen LogP contribution in [0.25, 0.3) is 0 Å². The summed E-state index contributed by atoms with van der Waals surface area (Å²) in [5.74, 6) is 0. The van der Waals surface area contributed by atoms with Gasteiger partial charge in [0.05, 0.1) is 0 Å². The number of nitrogens with zero attached hydrogens (tertiary/aromatic N) is 1. The molecule has 3 rings (SSSR count). The van der Waals surface area contributed by atoms with Crippen molar-refractivity contribution in [2.24, 2.45) is 5.73 Å². The molecule has 0 atom stereocenters. The molecule has 4 heteroatoms. The van der Waals surface area contributed by atoms with E-state index in [2.05, 4.69) is 51.2 Å². The Balaban J connectivity index is 1.99. The van der Waals surface area contributed by atoms with Gasteiger partial charge in [-0.25, -0.2) is 0 Å². The zero-order valence-corrected chi connectivity index (χ0v) is 12.7. The van der Waals surface area contributed by atoms with E-state index in [1.54, 1.807) is 0 Å². The Morgan fingerprint density at radius 2 is 1.74 bits per heavy atom. The SMILES string of the molecule is NC(=S)c1cc(Br)ccc1N1Cc2ccccc2C1. The molecule has 0 unspecified atom stereocenters. The summed E-state index contributed by atoms with van der Waals surface area (Å²) in [5.41, 5.74) is 10.6. The third-order valence-corrected chi connectivity index (χ3v) is 4.12. The molecule has 1 aliphatic rings. The zero-order valence-electron chi connectivity index (χ0n) is 10.3. The van der Waals surface area contributed by atoms with Crippen LogP contribution < -0.4 is 10.6 Å². The first-order valence-corrected chi connectivity index (χ1v) is 7.26. The molecule has 0 spiro atoms. The lowest BCUT2D eigenvalue weighted by Gasteiger charge is -2.21. The Kier molecular flexibility index (Phi) is 3.29. The normalized spacial score (nSPS) is 13.4. The highest BCUT2D eigenvalue weighted by Gasteiger charge is 2.21. The Morgan fingerprint density at radius 1 is 1.11 bits per heavy atom. The van der Waals surface area contributed by atoms with Crippen molar-refractivity contribution in [2.45, 2.75) is 13.1 Å². The topological polar surface area (TPSA) is 29.3 Å². The quantitative estimate of drug-likeness (QED) is 0.852. The van der Waals surface area contributed by atoms with E-state index in [1.807, 2.05) is 12.1 Å². The minimum absolute atomic E-state index is 0.437. The fraction of sp³-hybridized carbons (Fsp3) is 0.133. The third kappa shape index (κ3) is 2.38. The van der Waals surface area contributed by atoms with E-state index in [4.69, 9.17) is 18.0 Å². The Labute approximate surface area is 126 Å². The fourth-order valence-electron chi connectivity index (χ4n) is 2.48. The summed E-state index contributed by atoms with van der Waals surface area (Å²) in [4.78, 5) is 2.75. The van der Waals surface area contributed by atoms with Crippen LogP contribution in [-0.2, 0) is 13.1 Å². The lowest BCUT2D eigenvalue weighted by molar-refractivity contribution is 0.879. The maximum absolute atomic E-state index is 5.84. The average molecular weight is 333 g/mol. The van der Waals surface area contributed by atoms with E-state index in [9.17, 15) is 0 Å². The van der Waals surface area contributed by atoms with Crippen molar-refractivity contribution < 1.29 is 0 Å².